The van der Waals surface area contributed by atoms with E-state index in [-0.39, 0.29) is 17.1 Å². The number of aliphatic hydroxyl groups is 1. The molecular weight excluding hydrogens is 372 g/mol. The molecule has 1 aliphatic heterocycles. The molecule has 5 fully saturated rings. The van der Waals surface area contributed by atoms with Crippen molar-refractivity contribution < 1.29 is 14.6 Å². The SMILES string of the molecule is C[C@H](CCC1OC1(C)C)C1CC[C@H]2C3C(O)CC4CC(=O)CCC4(C)[C@H]3CCC12C. The summed E-state index contributed by atoms with van der Waals surface area (Å²) >= 11 is 0. The standard InChI is InChI=1S/C27H44O3/c1-16(6-9-23-25(2,3)30-23)19-7-8-20-24-21(11-13-27(19,20)5)26(4)12-10-18(28)14-17(26)15-22(24)29/h16-17,19-24,29H,6-15H2,1-5H3/t16-,17?,19?,20+,21+,22?,23?,24?,26?,27?/m1/s1. The van der Waals surface area contributed by atoms with E-state index in [1.165, 1.54) is 38.5 Å². The molecule has 0 aromatic heterocycles. The molecule has 5 aliphatic rings. The molecule has 10 atom stereocenters. The monoisotopic (exact) mass is 416 g/mol. The van der Waals surface area contributed by atoms with Crippen LogP contribution < -0.4 is 0 Å². The highest BCUT2D eigenvalue weighted by Crippen LogP contribution is 2.68. The van der Waals surface area contributed by atoms with Crippen molar-refractivity contribution in [1.82, 2.24) is 0 Å². The number of carbonyl (C=O) groups excluding carboxylic acids is 1. The Morgan fingerprint density at radius 3 is 2.47 bits per heavy atom. The highest BCUT2D eigenvalue weighted by Gasteiger charge is 2.63. The molecule has 0 radical (unpaired) electrons. The lowest BCUT2D eigenvalue weighted by molar-refractivity contribution is -0.168. The van der Waals surface area contributed by atoms with Crippen LogP contribution in [0, 0.1) is 46.3 Å². The Hall–Kier alpha value is -0.410. The Morgan fingerprint density at radius 2 is 1.77 bits per heavy atom. The van der Waals surface area contributed by atoms with E-state index in [0.29, 0.717) is 41.0 Å². The van der Waals surface area contributed by atoms with Gasteiger partial charge in [-0.25, -0.2) is 0 Å². The van der Waals surface area contributed by atoms with Crippen molar-refractivity contribution in [1.29, 1.82) is 0 Å². The molecule has 7 unspecified atom stereocenters. The molecule has 4 saturated carbocycles. The normalized spacial score (nSPS) is 52.9. The third-order valence-electron chi connectivity index (χ3n) is 11.3. The lowest BCUT2D eigenvalue weighted by Gasteiger charge is -2.62. The molecule has 1 heterocycles. The van der Waals surface area contributed by atoms with Crippen LogP contribution in [0.2, 0.25) is 0 Å². The summed E-state index contributed by atoms with van der Waals surface area (Å²) in [5.74, 6) is 4.12. The highest BCUT2D eigenvalue weighted by molar-refractivity contribution is 5.79. The van der Waals surface area contributed by atoms with Crippen molar-refractivity contribution in [2.75, 3.05) is 0 Å². The maximum Gasteiger partial charge on any atom is 0.133 e. The summed E-state index contributed by atoms with van der Waals surface area (Å²) in [6.45, 7) is 12.0. The molecule has 30 heavy (non-hydrogen) atoms. The summed E-state index contributed by atoms with van der Waals surface area (Å²) in [5, 5.41) is 11.3. The topological polar surface area (TPSA) is 49.8 Å². The Kier molecular flexibility index (Phi) is 5.03. The van der Waals surface area contributed by atoms with Crippen molar-refractivity contribution in [2.45, 2.75) is 117 Å². The van der Waals surface area contributed by atoms with E-state index in [9.17, 15) is 9.90 Å². The van der Waals surface area contributed by atoms with Gasteiger partial charge in [0.05, 0.1) is 17.8 Å². The summed E-state index contributed by atoms with van der Waals surface area (Å²) in [5.41, 5.74) is 0.770. The number of hydrogen-bond acceptors (Lipinski definition) is 3. The maximum atomic E-state index is 12.1. The van der Waals surface area contributed by atoms with Gasteiger partial charge in [-0.15, -0.1) is 0 Å². The van der Waals surface area contributed by atoms with E-state index in [2.05, 4.69) is 34.6 Å². The molecular formula is C27H44O3. The Morgan fingerprint density at radius 1 is 1.07 bits per heavy atom. The molecule has 170 valence electrons. The van der Waals surface area contributed by atoms with Gasteiger partial charge in [0, 0.05) is 12.8 Å². The van der Waals surface area contributed by atoms with Crippen molar-refractivity contribution in [2.24, 2.45) is 46.3 Å². The van der Waals surface area contributed by atoms with Gasteiger partial charge in [0.15, 0.2) is 0 Å². The Bertz CT molecular complexity index is 700. The van der Waals surface area contributed by atoms with Crippen LogP contribution >= 0.6 is 0 Å². The van der Waals surface area contributed by atoms with Crippen LogP contribution in [0.1, 0.15) is 98.8 Å². The van der Waals surface area contributed by atoms with Crippen LogP contribution in [0.25, 0.3) is 0 Å². The second-order valence-corrected chi connectivity index (χ2v) is 13.0. The van der Waals surface area contributed by atoms with Gasteiger partial charge in [0.2, 0.25) is 0 Å². The molecule has 4 aliphatic carbocycles. The fourth-order valence-electron chi connectivity index (χ4n) is 9.34. The van der Waals surface area contributed by atoms with Gasteiger partial charge in [0.25, 0.3) is 0 Å². The second-order valence-electron chi connectivity index (χ2n) is 13.0. The van der Waals surface area contributed by atoms with Crippen LogP contribution in [0.15, 0.2) is 0 Å². The smallest absolute Gasteiger partial charge is 0.133 e. The predicted molar refractivity (Wildman–Crippen MR) is 119 cm³/mol. The van der Waals surface area contributed by atoms with E-state index in [0.717, 1.165) is 37.5 Å². The van der Waals surface area contributed by atoms with Crippen LogP contribution in [0.5, 0.6) is 0 Å². The minimum Gasteiger partial charge on any atom is -0.393 e. The summed E-state index contributed by atoms with van der Waals surface area (Å²) in [4.78, 5) is 12.1. The number of carbonyl (C=O) groups is 1. The molecule has 0 amide bonds. The van der Waals surface area contributed by atoms with Crippen LogP contribution in [0.4, 0.5) is 0 Å². The molecule has 0 aromatic rings. The molecule has 3 heteroatoms. The Balaban J connectivity index is 1.32. The fourth-order valence-corrected chi connectivity index (χ4v) is 9.34. The van der Waals surface area contributed by atoms with Gasteiger partial charge >= 0.3 is 0 Å². The molecule has 3 nitrogen and oxygen atoms in total. The largest absolute Gasteiger partial charge is 0.393 e. The van der Waals surface area contributed by atoms with Crippen LogP contribution in [-0.4, -0.2) is 28.7 Å². The zero-order valence-corrected chi connectivity index (χ0v) is 20.0. The number of fused-ring (bicyclic) bond motifs is 5. The van der Waals surface area contributed by atoms with Crippen LogP contribution in [0.3, 0.4) is 0 Å². The lowest BCUT2D eigenvalue weighted by atomic mass is 9.44. The number of ether oxygens (including phenoxy) is 1. The molecule has 0 aromatic carbocycles. The summed E-state index contributed by atoms with van der Waals surface area (Å²) in [7, 11) is 0. The zero-order valence-electron chi connectivity index (χ0n) is 20.0. The molecule has 0 spiro atoms. The van der Waals surface area contributed by atoms with Gasteiger partial charge in [-0.2, -0.15) is 0 Å². The molecule has 5 rings (SSSR count). The second kappa shape index (κ2) is 7.04. The Labute approximate surface area is 183 Å². The van der Waals surface area contributed by atoms with Gasteiger partial charge in [-0.3, -0.25) is 4.79 Å². The number of Topliss-reactive ketones (excluding diaryl/α,β-unsaturated/α-hetero) is 1. The van der Waals surface area contributed by atoms with Crippen LogP contribution in [-0.2, 0) is 9.53 Å². The quantitative estimate of drug-likeness (QED) is 0.591. The van der Waals surface area contributed by atoms with E-state index in [4.69, 9.17) is 4.74 Å². The van der Waals surface area contributed by atoms with E-state index >= 15 is 0 Å². The molecule has 0 bridgehead atoms. The fraction of sp³-hybridized carbons (Fsp3) is 0.963. The van der Waals surface area contributed by atoms with E-state index in [1.54, 1.807) is 0 Å². The lowest BCUT2D eigenvalue weighted by Crippen LogP contribution is -2.58. The van der Waals surface area contributed by atoms with Crippen molar-refractivity contribution in [3.63, 3.8) is 0 Å². The average molecular weight is 417 g/mol. The summed E-state index contributed by atoms with van der Waals surface area (Å²) < 4.78 is 5.85. The summed E-state index contributed by atoms with van der Waals surface area (Å²) in [6, 6.07) is 0. The molecule has 1 saturated heterocycles. The van der Waals surface area contributed by atoms with Crippen molar-refractivity contribution >= 4 is 5.78 Å². The van der Waals surface area contributed by atoms with Gasteiger partial charge in [-0.05, 0) is 112 Å². The third kappa shape index (κ3) is 3.16. The number of epoxide rings is 1. The minimum absolute atomic E-state index is 0.111. The summed E-state index contributed by atoms with van der Waals surface area (Å²) in [6.07, 6.45) is 11.4. The van der Waals surface area contributed by atoms with Crippen molar-refractivity contribution in [3.05, 3.63) is 0 Å². The first kappa shape index (κ1) is 21.4. The van der Waals surface area contributed by atoms with E-state index in [1.807, 2.05) is 0 Å². The van der Waals surface area contributed by atoms with Gasteiger partial charge in [-0.1, -0.05) is 20.8 Å². The average Bonchev–Trinajstić information content (AvgIpc) is 3.13. The predicted octanol–water partition coefficient (Wildman–Crippen LogP) is 5.78. The third-order valence-corrected chi connectivity index (χ3v) is 11.3. The highest BCUT2D eigenvalue weighted by atomic mass is 16.6. The van der Waals surface area contributed by atoms with Crippen molar-refractivity contribution in [3.8, 4) is 0 Å². The molecule has 1 N–H and O–H groups in total. The first-order valence-electron chi connectivity index (χ1n) is 12.9. The van der Waals surface area contributed by atoms with E-state index < -0.39 is 0 Å². The number of rotatable bonds is 4. The number of ketones is 1. The zero-order chi connectivity index (χ0) is 21.5. The minimum atomic E-state index is -0.196. The number of aliphatic hydroxyl groups excluding tert-OH is 1. The first-order chi connectivity index (χ1) is 14.1. The van der Waals surface area contributed by atoms with Gasteiger partial charge in [0.1, 0.15) is 5.78 Å². The maximum absolute atomic E-state index is 12.1. The first-order valence-corrected chi connectivity index (χ1v) is 12.9. The number of hydrogen-bond donors (Lipinski definition) is 1. The van der Waals surface area contributed by atoms with Gasteiger partial charge < -0.3 is 9.84 Å².